The van der Waals surface area contributed by atoms with E-state index in [1.165, 1.54) is 0 Å². The highest BCUT2D eigenvalue weighted by molar-refractivity contribution is 5.79. The zero-order chi connectivity index (χ0) is 14.8. The fourth-order valence-corrected chi connectivity index (χ4v) is 2.75. The topological polar surface area (TPSA) is 49.3 Å². The van der Waals surface area contributed by atoms with Crippen LogP contribution in [0.2, 0.25) is 0 Å². The summed E-state index contributed by atoms with van der Waals surface area (Å²) in [6.07, 6.45) is 3.68. The Labute approximate surface area is 118 Å². The molecule has 0 saturated heterocycles. The van der Waals surface area contributed by atoms with Gasteiger partial charge in [-0.15, -0.1) is 0 Å². The molecule has 1 saturated carbocycles. The molecule has 2 N–H and O–H groups in total. The lowest BCUT2D eigenvalue weighted by molar-refractivity contribution is -0.129. The Bertz CT molecular complexity index is 307. The molecule has 1 rings (SSSR count). The van der Waals surface area contributed by atoms with Gasteiger partial charge in [0.15, 0.2) is 0 Å². The molecule has 0 aromatic carbocycles. The summed E-state index contributed by atoms with van der Waals surface area (Å²) in [5, 5.41) is 12.7. The van der Waals surface area contributed by atoms with Crippen LogP contribution in [-0.4, -0.2) is 22.7 Å². The summed E-state index contributed by atoms with van der Waals surface area (Å²) in [7, 11) is 0. The first-order chi connectivity index (χ1) is 8.54. The highest BCUT2D eigenvalue weighted by atomic mass is 16.3. The van der Waals surface area contributed by atoms with Gasteiger partial charge in [0.05, 0.1) is 11.6 Å². The van der Waals surface area contributed by atoms with Gasteiger partial charge in [-0.3, -0.25) is 4.79 Å². The molecule has 1 aliphatic rings. The van der Waals surface area contributed by atoms with Crippen molar-refractivity contribution >= 4 is 5.91 Å². The van der Waals surface area contributed by atoms with Crippen LogP contribution in [0.4, 0.5) is 0 Å². The molecule has 3 nitrogen and oxygen atoms in total. The van der Waals surface area contributed by atoms with Crippen molar-refractivity contribution in [1.82, 2.24) is 5.32 Å². The van der Waals surface area contributed by atoms with Crippen molar-refractivity contribution in [2.24, 2.45) is 17.3 Å². The van der Waals surface area contributed by atoms with Gasteiger partial charge in [0.25, 0.3) is 0 Å². The molecule has 1 fully saturated rings. The summed E-state index contributed by atoms with van der Waals surface area (Å²) in [5.41, 5.74) is -0.196. The molecule has 0 aromatic heterocycles. The fraction of sp³-hybridized carbons (Fsp3) is 0.938. The smallest absolute Gasteiger partial charge is 0.223 e. The van der Waals surface area contributed by atoms with Crippen molar-refractivity contribution in [2.45, 2.75) is 78.9 Å². The van der Waals surface area contributed by atoms with Crippen LogP contribution < -0.4 is 5.32 Å². The molecule has 1 unspecified atom stereocenters. The summed E-state index contributed by atoms with van der Waals surface area (Å²) in [6.45, 7) is 12.3. The van der Waals surface area contributed by atoms with Crippen LogP contribution in [0, 0.1) is 17.3 Å². The molecule has 1 atom stereocenters. The zero-order valence-electron chi connectivity index (χ0n) is 13.4. The maximum absolute atomic E-state index is 12.3. The highest BCUT2D eigenvalue weighted by Gasteiger charge is 2.34. The highest BCUT2D eigenvalue weighted by Crippen LogP contribution is 2.39. The van der Waals surface area contributed by atoms with Crippen LogP contribution in [0.15, 0.2) is 0 Å². The lowest BCUT2D eigenvalue weighted by Gasteiger charge is -2.38. The third-order valence-corrected chi connectivity index (χ3v) is 4.81. The van der Waals surface area contributed by atoms with E-state index in [1.807, 2.05) is 13.8 Å². The van der Waals surface area contributed by atoms with E-state index in [1.54, 1.807) is 6.92 Å². The molecule has 1 aliphatic carbocycles. The Morgan fingerprint density at radius 2 is 1.58 bits per heavy atom. The van der Waals surface area contributed by atoms with Crippen molar-refractivity contribution in [3.8, 4) is 0 Å². The molecular formula is C16H31NO2. The van der Waals surface area contributed by atoms with Crippen LogP contribution in [-0.2, 0) is 4.79 Å². The van der Waals surface area contributed by atoms with E-state index in [4.69, 9.17) is 0 Å². The largest absolute Gasteiger partial charge is 0.391 e. The molecule has 0 spiro atoms. The van der Waals surface area contributed by atoms with Crippen LogP contribution >= 0.6 is 0 Å². The van der Waals surface area contributed by atoms with E-state index in [2.05, 4.69) is 26.1 Å². The van der Waals surface area contributed by atoms with Crippen LogP contribution in [0.3, 0.4) is 0 Å². The summed E-state index contributed by atoms with van der Waals surface area (Å²) in [6, 6.07) is 0. The number of carbonyl (C=O) groups excluding carboxylic acids is 1. The number of aliphatic hydroxyl groups is 1. The van der Waals surface area contributed by atoms with Gasteiger partial charge in [0, 0.05) is 5.92 Å². The molecule has 0 aliphatic heterocycles. The second-order valence-corrected chi connectivity index (χ2v) is 7.80. The average molecular weight is 269 g/mol. The van der Waals surface area contributed by atoms with E-state index < -0.39 is 11.6 Å². The van der Waals surface area contributed by atoms with E-state index in [0.29, 0.717) is 5.41 Å². The fourth-order valence-electron chi connectivity index (χ4n) is 2.75. The lowest BCUT2D eigenvalue weighted by Crippen LogP contribution is -2.53. The molecule has 19 heavy (non-hydrogen) atoms. The molecular weight excluding hydrogens is 238 g/mol. The molecule has 0 radical (unpaired) electrons. The van der Waals surface area contributed by atoms with Gasteiger partial charge in [-0.05, 0) is 57.8 Å². The van der Waals surface area contributed by atoms with Gasteiger partial charge in [-0.25, -0.2) is 0 Å². The van der Waals surface area contributed by atoms with Crippen molar-refractivity contribution in [3.05, 3.63) is 0 Å². The Balaban J connectivity index is 2.50. The third kappa shape index (κ3) is 4.48. The number of hydrogen-bond acceptors (Lipinski definition) is 2. The summed E-state index contributed by atoms with van der Waals surface area (Å²) < 4.78 is 0. The van der Waals surface area contributed by atoms with Crippen LogP contribution in [0.25, 0.3) is 0 Å². The summed E-state index contributed by atoms with van der Waals surface area (Å²) in [5.74, 6) is 0.955. The minimum atomic E-state index is -0.544. The second-order valence-electron chi connectivity index (χ2n) is 7.80. The lowest BCUT2D eigenvalue weighted by atomic mass is 9.69. The predicted molar refractivity (Wildman–Crippen MR) is 78.8 cm³/mol. The molecule has 3 heteroatoms. The van der Waals surface area contributed by atoms with Gasteiger partial charge in [-0.2, -0.15) is 0 Å². The third-order valence-electron chi connectivity index (χ3n) is 4.81. The SMILES string of the molecule is CC(O)C(C)(C)NC(=O)C1CCC(C(C)(C)C)CC1. The molecule has 0 bridgehead atoms. The van der Waals surface area contributed by atoms with Crippen molar-refractivity contribution < 1.29 is 9.90 Å². The number of hydrogen-bond donors (Lipinski definition) is 2. The van der Waals surface area contributed by atoms with E-state index in [0.717, 1.165) is 31.6 Å². The minimum absolute atomic E-state index is 0.109. The number of amides is 1. The molecule has 0 aromatic rings. The van der Waals surface area contributed by atoms with Gasteiger partial charge in [0.2, 0.25) is 5.91 Å². The first kappa shape index (κ1) is 16.5. The first-order valence-electron chi connectivity index (χ1n) is 7.54. The molecule has 1 amide bonds. The summed E-state index contributed by atoms with van der Waals surface area (Å²) >= 11 is 0. The predicted octanol–water partition coefficient (Wildman–Crippen LogP) is 3.11. The summed E-state index contributed by atoms with van der Waals surface area (Å²) in [4.78, 5) is 12.3. The van der Waals surface area contributed by atoms with Crippen molar-refractivity contribution in [2.75, 3.05) is 0 Å². The van der Waals surface area contributed by atoms with E-state index in [9.17, 15) is 9.90 Å². The quantitative estimate of drug-likeness (QED) is 0.827. The Morgan fingerprint density at radius 1 is 1.11 bits per heavy atom. The average Bonchev–Trinajstić information content (AvgIpc) is 2.27. The van der Waals surface area contributed by atoms with Crippen LogP contribution in [0.5, 0.6) is 0 Å². The molecule has 112 valence electrons. The Kier molecular flexibility index (Phi) is 5.05. The normalized spacial score (nSPS) is 26.9. The van der Waals surface area contributed by atoms with E-state index in [-0.39, 0.29) is 11.8 Å². The molecule has 0 heterocycles. The van der Waals surface area contributed by atoms with Gasteiger partial charge in [0.1, 0.15) is 0 Å². The number of aliphatic hydroxyl groups excluding tert-OH is 1. The van der Waals surface area contributed by atoms with Crippen molar-refractivity contribution in [1.29, 1.82) is 0 Å². The second kappa shape index (κ2) is 5.82. The van der Waals surface area contributed by atoms with Crippen molar-refractivity contribution in [3.63, 3.8) is 0 Å². The van der Waals surface area contributed by atoms with Crippen LogP contribution in [0.1, 0.15) is 67.2 Å². The Hall–Kier alpha value is -0.570. The van der Waals surface area contributed by atoms with Gasteiger partial charge >= 0.3 is 0 Å². The number of rotatable bonds is 3. The van der Waals surface area contributed by atoms with E-state index >= 15 is 0 Å². The van der Waals surface area contributed by atoms with Gasteiger partial charge in [-0.1, -0.05) is 20.8 Å². The zero-order valence-corrected chi connectivity index (χ0v) is 13.4. The first-order valence-corrected chi connectivity index (χ1v) is 7.54. The van der Waals surface area contributed by atoms with Gasteiger partial charge < -0.3 is 10.4 Å². The Morgan fingerprint density at radius 3 is 1.95 bits per heavy atom. The minimum Gasteiger partial charge on any atom is -0.391 e. The monoisotopic (exact) mass is 269 g/mol. The number of nitrogens with one attached hydrogen (secondary N) is 1. The maximum atomic E-state index is 12.3. The standard InChI is InChI=1S/C16H31NO2/c1-11(18)16(5,6)17-14(19)12-7-9-13(10-8-12)15(2,3)4/h11-13,18H,7-10H2,1-6H3,(H,17,19). The maximum Gasteiger partial charge on any atom is 0.223 e. The number of carbonyl (C=O) groups is 1.